The SMILES string of the molecule is O=C(O)c1ccc(OCc2nccs2)cn1. The number of rotatable bonds is 4. The first kappa shape index (κ1) is 10.6. The minimum Gasteiger partial charge on any atom is -0.485 e. The van der Waals surface area contributed by atoms with Crippen molar-refractivity contribution in [3.05, 3.63) is 40.6 Å². The molecule has 0 saturated carbocycles. The van der Waals surface area contributed by atoms with E-state index in [0.29, 0.717) is 12.4 Å². The molecule has 2 heterocycles. The molecule has 0 radical (unpaired) electrons. The van der Waals surface area contributed by atoms with E-state index in [0.717, 1.165) is 5.01 Å². The smallest absolute Gasteiger partial charge is 0.354 e. The first-order valence-corrected chi connectivity index (χ1v) is 5.34. The molecular formula is C10H8N2O3S. The highest BCUT2D eigenvalue weighted by atomic mass is 32.1. The lowest BCUT2D eigenvalue weighted by Gasteiger charge is -2.03. The van der Waals surface area contributed by atoms with Gasteiger partial charge in [0.05, 0.1) is 6.20 Å². The van der Waals surface area contributed by atoms with E-state index >= 15 is 0 Å². The van der Waals surface area contributed by atoms with Crippen molar-refractivity contribution in [2.75, 3.05) is 0 Å². The molecule has 0 atom stereocenters. The number of carbonyl (C=O) groups is 1. The van der Waals surface area contributed by atoms with Crippen LogP contribution in [0, 0.1) is 0 Å². The minimum atomic E-state index is -1.05. The van der Waals surface area contributed by atoms with Gasteiger partial charge in [-0.2, -0.15) is 0 Å². The second-order valence-corrected chi connectivity index (χ2v) is 3.88. The van der Waals surface area contributed by atoms with E-state index in [1.54, 1.807) is 12.3 Å². The number of nitrogens with zero attached hydrogens (tertiary/aromatic N) is 2. The molecule has 2 aromatic heterocycles. The summed E-state index contributed by atoms with van der Waals surface area (Å²) < 4.78 is 5.38. The zero-order valence-electron chi connectivity index (χ0n) is 8.16. The molecule has 0 aliphatic heterocycles. The fraction of sp³-hybridized carbons (Fsp3) is 0.100. The van der Waals surface area contributed by atoms with Crippen molar-refractivity contribution in [2.45, 2.75) is 6.61 Å². The third-order valence-electron chi connectivity index (χ3n) is 1.80. The summed E-state index contributed by atoms with van der Waals surface area (Å²) in [5.41, 5.74) is 0.00148. The molecule has 0 aliphatic rings. The molecule has 2 aromatic rings. The zero-order chi connectivity index (χ0) is 11.4. The number of thiazole rings is 1. The molecule has 6 heteroatoms. The number of aromatic carboxylic acids is 1. The van der Waals surface area contributed by atoms with Gasteiger partial charge in [-0.25, -0.2) is 14.8 Å². The Morgan fingerprint density at radius 2 is 2.31 bits per heavy atom. The lowest BCUT2D eigenvalue weighted by atomic mass is 10.3. The number of hydrogen-bond donors (Lipinski definition) is 1. The van der Waals surface area contributed by atoms with Crippen LogP contribution >= 0.6 is 11.3 Å². The maximum atomic E-state index is 10.5. The Morgan fingerprint density at radius 1 is 1.44 bits per heavy atom. The lowest BCUT2D eigenvalue weighted by Crippen LogP contribution is -2.00. The van der Waals surface area contributed by atoms with Crippen molar-refractivity contribution in [2.24, 2.45) is 0 Å². The molecule has 0 aromatic carbocycles. The fourth-order valence-electron chi connectivity index (χ4n) is 1.06. The number of ether oxygens (including phenoxy) is 1. The first-order chi connectivity index (χ1) is 7.75. The average molecular weight is 236 g/mol. The van der Waals surface area contributed by atoms with Gasteiger partial charge in [-0.15, -0.1) is 11.3 Å². The third-order valence-corrected chi connectivity index (χ3v) is 2.55. The Labute approximate surface area is 95.4 Å². The van der Waals surface area contributed by atoms with Gasteiger partial charge in [0.15, 0.2) is 0 Å². The number of carboxylic acids is 1. The molecular weight excluding hydrogens is 228 g/mol. The Hall–Kier alpha value is -1.95. The molecule has 5 nitrogen and oxygen atoms in total. The summed E-state index contributed by atoms with van der Waals surface area (Å²) in [4.78, 5) is 18.3. The number of aromatic nitrogens is 2. The molecule has 1 N–H and O–H groups in total. The molecule has 0 amide bonds. The van der Waals surface area contributed by atoms with Crippen molar-refractivity contribution < 1.29 is 14.6 Å². The van der Waals surface area contributed by atoms with Crippen LogP contribution in [0.4, 0.5) is 0 Å². The van der Waals surface area contributed by atoms with E-state index in [1.807, 2.05) is 5.38 Å². The van der Waals surface area contributed by atoms with Crippen LogP contribution in [-0.2, 0) is 6.61 Å². The van der Waals surface area contributed by atoms with E-state index in [-0.39, 0.29) is 5.69 Å². The molecule has 16 heavy (non-hydrogen) atoms. The molecule has 0 spiro atoms. The standard InChI is InChI=1S/C10H8N2O3S/c13-10(14)8-2-1-7(5-12-8)15-6-9-11-3-4-16-9/h1-5H,6H2,(H,13,14). The summed E-state index contributed by atoms with van der Waals surface area (Å²) in [7, 11) is 0. The van der Waals surface area contributed by atoms with Crippen LogP contribution in [0.15, 0.2) is 29.9 Å². The largest absolute Gasteiger partial charge is 0.485 e. The summed E-state index contributed by atoms with van der Waals surface area (Å²) in [5.74, 6) is -0.522. The second-order valence-electron chi connectivity index (χ2n) is 2.90. The van der Waals surface area contributed by atoms with Gasteiger partial charge in [0, 0.05) is 11.6 Å². The van der Waals surface area contributed by atoms with Crippen molar-refractivity contribution in [3.8, 4) is 5.75 Å². The monoisotopic (exact) mass is 236 g/mol. The van der Waals surface area contributed by atoms with Crippen LogP contribution in [0.2, 0.25) is 0 Å². The normalized spacial score (nSPS) is 10.0. The Balaban J connectivity index is 1.98. The van der Waals surface area contributed by atoms with Crippen LogP contribution in [0.3, 0.4) is 0 Å². The molecule has 0 bridgehead atoms. The quantitative estimate of drug-likeness (QED) is 0.876. The summed E-state index contributed by atoms with van der Waals surface area (Å²) in [6, 6.07) is 2.98. The molecule has 82 valence electrons. The molecule has 0 saturated heterocycles. The van der Waals surface area contributed by atoms with E-state index in [2.05, 4.69) is 9.97 Å². The van der Waals surface area contributed by atoms with Gasteiger partial charge >= 0.3 is 5.97 Å². The van der Waals surface area contributed by atoms with Crippen LogP contribution < -0.4 is 4.74 Å². The number of carboxylic acid groups (broad SMARTS) is 1. The van der Waals surface area contributed by atoms with Gasteiger partial charge in [-0.3, -0.25) is 0 Å². The summed E-state index contributed by atoms with van der Waals surface area (Å²) in [5, 5.41) is 11.4. The van der Waals surface area contributed by atoms with Gasteiger partial charge in [0.25, 0.3) is 0 Å². The van der Waals surface area contributed by atoms with Crippen LogP contribution in [-0.4, -0.2) is 21.0 Å². The van der Waals surface area contributed by atoms with Crippen molar-refractivity contribution in [1.82, 2.24) is 9.97 Å². The molecule has 2 rings (SSSR count). The van der Waals surface area contributed by atoms with E-state index in [1.165, 1.54) is 23.6 Å². The molecule has 0 fully saturated rings. The van der Waals surface area contributed by atoms with Crippen LogP contribution in [0.25, 0.3) is 0 Å². The van der Waals surface area contributed by atoms with Crippen molar-refractivity contribution >= 4 is 17.3 Å². The summed E-state index contributed by atoms with van der Waals surface area (Å²) >= 11 is 1.50. The van der Waals surface area contributed by atoms with E-state index in [4.69, 9.17) is 9.84 Å². The highest BCUT2D eigenvalue weighted by molar-refractivity contribution is 7.09. The highest BCUT2D eigenvalue weighted by Crippen LogP contribution is 2.12. The number of pyridine rings is 1. The third kappa shape index (κ3) is 2.54. The first-order valence-electron chi connectivity index (χ1n) is 4.46. The minimum absolute atomic E-state index is 0.00148. The fourth-order valence-corrected chi connectivity index (χ4v) is 1.59. The van der Waals surface area contributed by atoms with Crippen molar-refractivity contribution in [1.29, 1.82) is 0 Å². The predicted molar refractivity (Wildman–Crippen MR) is 57.6 cm³/mol. The van der Waals surface area contributed by atoms with Crippen molar-refractivity contribution in [3.63, 3.8) is 0 Å². The maximum Gasteiger partial charge on any atom is 0.354 e. The average Bonchev–Trinajstić information content (AvgIpc) is 2.80. The second kappa shape index (κ2) is 4.71. The predicted octanol–water partition coefficient (Wildman–Crippen LogP) is 1.82. The topological polar surface area (TPSA) is 72.3 Å². The van der Waals surface area contributed by atoms with Gasteiger partial charge in [0.1, 0.15) is 23.1 Å². The van der Waals surface area contributed by atoms with E-state index < -0.39 is 5.97 Å². The Morgan fingerprint density at radius 3 is 2.88 bits per heavy atom. The van der Waals surface area contributed by atoms with Crippen LogP contribution in [0.5, 0.6) is 5.75 Å². The maximum absolute atomic E-state index is 10.5. The van der Waals surface area contributed by atoms with Gasteiger partial charge < -0.3 is 9.84 Å². The zero-order valence-corrected chi connectivity index (χ0v) is 8.98. The van der Waals surface area contributed by atoms with Gasteiger partial charge in [0.2, 0.25) is 0 Å². The van der Waals surface area contributed by atoms with E-state index in [9.17, 15) is 4.79 Å². The summed E-state index contributed by atoms with van der Waals surface area (Å²) in [6.45, 7) is 0.367. The Bertz CT molecular complexity index is 467. The molecule has 0 aliphatic carbocycles. The lowest BCUT2D eigenvalue weighted by molar-refractivity contribution is 0.0690. The summed E-state index contributed by atoms with van der Waals surface area (Å²) in [6.07, 6.45) is 3.09. The van der Waals surface area contributed by atoms with Crippen LogP contribution in [0.1, 0.15) is 15.5 Å². The highest BCUT2D eigenvalue weighted by Gasteiger charge is 2.04. The Kier molecular flexibility index (Phi) is 3.11. The molecule has 0 unspecified atom stereocenters. The van der Waals surface area contributed by atoms with Gasteiger partial charge in [-0.05, 0) is 12.1 Å². The van der Waals surface area contributed by atoms with Gasteiger partial charge in [-0.1, -0.05) is 0 Å². The number of hydrogen-bond acceptors (Lipinski definition) is 5.